The third-order valence-electron chi connectivity index (χ3n) is 2.87. The lowest BCUT2D eigenvalue weighted by Crippen LogP contribution is -2.46. The monoisotopic (exact) mass is 199 g/mol. The molecule has 82 valence electrons. The standard InChI is InChI=1S/C10H21N3O/c1-12-7-4-6-9-5-2-3-8-13(9)10(11)14/h9,12H,2-8H2,1H3,(H2,11,14). The lowest BCUT2D eigenvalue weighted by Gasteiger charge is -2.34. The molecule has 1 fully saturated rings. The maximum absolute atomic E-state index is 11.1. The van der Waals surface area contributed by atoms with Crippen LogP contribution in [0.4, 0.5) is 4.79 Å². The molecule has 0 aliphatic carbocycles. The Balaban J connectivity index is 2.34. The number of rotatable bonds is 4. The highest BCUT2D eigenvalue weighted by atomic mass is 16.2. The van der Waals surface area contributed by atoms with Gasteiger partial charge in [0.2, 0.25) is 0 Å². The number of nitrogens with one attached hydrogen (secondary N) is 1. The fraction of sp³-hybridized carbons (Fsp3) is 0.900. The Bertz CT molecular complexity index is 184. The number of amides is 2. The summed E-state index contributed by atoms with van der Waals surface area (Å²) in [5.74, 6) is 0. The summed E-state index contributed by atoms with van der Waals surface area (Å²) in [4.78, 5) is 13.0. The highest BCUT2D eigenvalue weighted by Crippen LogP contribution is 2.20. The van der Waals surface area contributed by atoms with Crippen molar-refractivity contribution < 1.29 is 4.79 Å². The van der Waals surface area contributed by atoms with Crippen molar-refractivity contribution in [3.63, 3.8) is 0 Å². The van der Waals surface area contributed by atoms with Crippen LogP contribution in [0.3, 0.4) is 0 Å². The molecule has 0 aromatic heterocycles. The summed E-state index contributed by atoms with van der Waals surface area (Å²) in [5.41, 5.74) is 5.33. The van der Waals surface area contributed by atoms with Gasteiger partial charge in [-0.15, -0.1) is 0 Å². The molecule has 4 heteroatoms. The van der Waals surface area contributed by atoms with E-state index in [1.54, 1.807) is 0 Å². The van der Waals surface area contributed by atoms with Gasteiger partial charge in [-0.05, 0) is 45.7 Å². The van der Waals surface area contributed by atoms with Crippen molar-refractivity contribution >= 4 is 6.03 Å². The highest BCUT2D eigenvalue weighted by Gasteiger charge is 2.24. The minimum atomic E-state index is -0.251. The van der Waals surface area contributed by atoms with Crippen molar-refractivity contribution in [2.24, 2.45) is 5.73 Å². The molecule has 0 spiro atoms. The third-order valence-corrected chi connectivity index (χ3v) is 2.87. The van der Waals surface area contributed by atoms with E-state index in [0.717, 1.165) is 38.8 Å². The van der Waals surface area contributed by atoms with Gasteiger partial charge in [-0.25, -0.2) is 4.79 Å². The van der Waals surface area contributed by atoms with Gasteiger partial charge >= 0.3 is 6.03 Å². The van der Waals surface area contributed by atoms with Crippen LogP contribution in [-0.4, -0.2) is 37.1 Å². The first-order valence-electron chi connectivity index (χ1n) is 5.46. The van der Waals surface area contributed by atoms with E-state index < -0.39 is 0 Å². The molecule has 0 saturated carbocycles. The second-order valence-electron chi connectivity index (χ2n) is 3.93. The van der Waals surface area contributed by atoms with Gasteiger partial charge < -0.3 is 16.0 Å². The minimum absolute atomic E-state index is 0.251. The molecule has 0 bridgehead atoms. The minimum Gasteiger partial charge on any atom is -0.351 e. The zero-order valence-electron chi connectivity index (χ0n) is 8.96. The SMILES string of the molecule is CNCCCC1CCCCN1C(N)=O. The van der Waals surface area contributed by atoms with E-state index in [-0.39, 0.29) is 6.03 Å². The molecule has 1 aliphatic heterocycles. The number of hydrogen-bond donors (Lipinski definition) is 2. The van der Waals surface area contributed by atoms with Gasteiger partial charge in [0, 0.05) is 12.6 Å². The van der Waals surface area contributed by atoms with Crippen molar-refractivity contribution in [2.75, 3.05) is 20.1 Å². The second kappa shape index (κ2) is 5.86. The third kappa shape index (κ3) is 3.18. The van der Waals surface area contributed by atoms with E-state index in [1.807, 2.05) is 11.9 Å². The van der Waals surface area contributed by atoms with Crippen LogP contribution < -0.4 is 11.1 Å². The van der Waals surface area contributed by atoms with E-state index in [0.29, 0.717) is 6.04 Å². The van der Waals surface area contributed by atoms with Crippen molar-refractivity contribution in [3.8, 4) is 0 Å². The molecule has 1 saturated heterocycles. The number of nitrogens with two attached hydrogens (primary N) is 1. The van der Waals surface area contributed by atoms with E-state index in [2.05, 4.69) is 5.32 Å². The average molecular weight is 199 g/mol. The Morgan fingerprint density at radius 3 is 3.00 bits per heavy atom. The summed E-state index contributed by atoms with van der Waals surface area (Å²) < 4.78 is 0. The van der Waals surface area contributed by atoms with Gasteiger partial charge in [-0.1, -0.05) is 0 Å². The summed E-state index contributed by atoms with van der Waals surface area (Å²) in [6.07, 6.45) is 5.64. The largest absolute Gasteiger partial charge is 0.351 e. The van der Waals surface area contributed by atoms with Gasteiger partial charge in [-0.2, -0.15) is 0 Å². The Kier molecular flexibility index (Phi) is 4.73. The summed E-state index contributed by atoms with van der Waals surface area (Å²) in [6, 6.07) is 0.133. The molecule has 1 atom stereocenters. The van der Waals surface area contributed by atoms with Crippen molar-refractivity contribution in [1.29, 1.82) is 0 Å². The highest BCUT2D eigenvalue weighted by molar-refractivity contribution is 5.72. The fourth-order valence-corrected chi connectivity index (χ4v) is 2.11. The summed E-state index contributed by atoms with van der Waals surface area (Å²) >= 11 is 0. The van der Waals surface area contributed by atoms with E-state index in [1.165, 1.54) is 6.42 Å². The molecule has 0 aromatic carbocycles. The maximum Gasteiger partial charge on any atom is 0.315 e. The van der Waals surface area contributed by atoms with Gasteiger partial charge in [0.1, 0.15) is 0 Å². The topological polar surface area (TPSA) is 58.4 Å². The maximum atomic E-state index is 11.1. The normalized spacial score (nSPS) is 22.4. The Hall–Kier alpha value is -0.770. The molecular weight excluding hydrogens is 178 g/mol. The van der Waals surface area contributed by atoms with Crippen molar-refractivity contribution in [3.05, 3.63) is 0 Å². The average Bonchev–Trinajstić information content (AvgIpc) is 2.19. The quantitative estimate of drug-likeness (QED) is 0.661. The molecule has 0 radical (unpaired) electrons. The molecule has 3 N–H and O–H groups in total. The number of carbonyl (C=O) groups excluding carboxylic acids is 1. The van der Waals surface area contributed by atoms with Crippen LogP contribution in [0.25, 0.3) is 0 Å². The van der Waals surface area contributed by atoms with Crippen LogP contribution in [0.1, 0.15) is 32.1 Å². The smallest absolute Gasteiger partial charge is 0.315 e. The number of likely N-dealkylation sites (tertiary alicyclic amines) is 1. The predicted octanol–water partition coefficient (Wildman–Crippen LogP) is 0.919. The lowest BCUT2D eigenvalue weighted by molar-refractivity contribution is 0.153. The van der Waals surface area contributed by atoms with Crippen molar-refractivity contribution in [2.45, 2.75) is 38.1 Å². The van der Waals surface area contributed by atoms with E-state index in [4.69, 9.17) is 5.73 Å². The van der Waals surface area contributed by atoms with Gasteiger partial charge in [-0.3, -0.25) is 0 Å². The molecule has 0 aromatic rings. The molecule has 2 amide bonds. The first-order valence-corrected chi connectivity index (χ1v) is 5.46. The van der Waals surface area contributed by atoms with Crippen LogP contribution >= 0.6 is 0 Å². The molecule has 1 heterocycles. The number of urea groups is 1. The number of nitrogens with zero attached hydrogens (tertiary/aromatic N) is 1. The summed E-state index contributed by atoms with van der Waals surface area (Å²) in [7, 11) is 1.95. The zero-order valence-corrected chi connectivity index (χ0v) is 8.96. The van der Waals surface area contributed by atoms with Crippen LogP contribution in [0.2, 0.25) is 0 Å². The van der Waals surface area contributed by atoms with Crippen LogP contribution in [0.15, 0.2) is 0 Å². The van der Waals surface area contributed by atoms with E-state index in [9.17, 15) is 4.79 Å². The molecule has 1 rings (SSSR count). The fourth-order valence-electron chi connectivity index (χ4n) is 2.11. The van der Waals surface area contributed by atoms with Crippen molar-refractivity contribution in [1.82, 2.24) is 10.2 Å². The Morgan fingerprint density at radius 2 is 2.36 bits per heavy atom. The second-order valence-corrected chi connectivity index (χ2v) is 3.93. The molecule has 1 aliphatic rings. The molecule has 14 heavy (non-hydrogen) atoms. The number of primary amides is 1. The molecule has 4 nitrogen and oxygen atoms in total. The molecule has 1 unspecified atom stereocenters. The number of piperidine rings is 1. The lowest BCUT2D eigenvalue weighted by atomic mass is 9.98. The van der Waals surface area contributed by atoms with Crippen LogP contribution in [-0.2, 0) is 0 Å². The first-order chi connectivity index (χ1) is 6.75. The van der Waals surface area contributed by atoms with Gasteiger partial charge in [0.05, 0.1) is 0 Å². The number of carbonyl (C=O) groups is 1. The van der Waals surface area contributed by atoms with Crippen LogP contribution in [0, 0.1) is 0 Å². The summed E-state index contributed by atoms with van der Waals surface area (Å²) in [6.45, 7) is 1.86. The van der Waals surface area contributed by atoms with Gasteiger partial charge in [0.25, 0.3) is 0 Å². The van der Waals surface area contributed by atoms with Gasteiger partial charge in [0.15, 0.2) is 0 Å². The Morgan fingerprint density at radius 1 is 1.57 bits per heavy atom. The molecular formula is C10H21N3O. The van der Waals surface area contributed by atoms with E-state index >= 15 is 0 Å². The van der Waals surface area contributed by atoms with Crippen LogP contribution in [0.5, 0.6) is 0 Å². The first kappa shape index (κ1) is 11.3. The summed E-state index contributed by atoms with van der Waals surface area (Å²) in [5, 5.41) is 3.12. The number of hydrogen-bond acceptors (Lipinski definition) is 2. The Labute approximate surface area is 85.8 Å². The predicted molar refractivity (Wildman–Crippen MR) is 57.1 cm³/mol. The zero-order chi connectivity index (χ0) is 10.4.